The summed E-state index contributed by atoms with van der Waals surface area (Å²) in [5.41, 5.74) is 5.66. The third kappa shape index (κ3) is 16.9. The van der Waals surface area contributed by atoms with Gasteiger partial charge in [-0.1, -0.05) is 77.1 Å². The molecule has 3 atom stereocenters. The van der Waals surface area contributed by atoms with Gasteiger partial charge < -0.3 is 44.8 Å². The van der Waals surface area contributed by atoms with E-state index >= 15 is 4.39 Å². The van der Waals surface area contributed by atoms with Crippen LogP contribution in [-0.4, -0.2) is 126 Å². The zero-order valence-corrected chi connectivity index (χ0v) is 54.0. The van der Waals surface area contributed by atoms with Gasteiger partial charge in [0, 0.05) is 86.0 Å². The van der Waals surface area contributed by atoms with Gasteiger partial charge in [-0.15, -0.1) is 11.3 Å². The van der Waals surface area contributed by atoms with Crippen molar-refractivity contribution in [2.45, 2.75) is 141 Å². The van der Waals surface area contributed by atoms with E-state index < -0.39 is 88.3 Å². The van der Waals surface area contributed by atoms with Crippen molar-refractivity contribution in [1.82, 2.24) is 40.4 Å². The number of hydrogen-bond donors (Lipinski definition) is 4. The smallest absolute Gasteiger partial charge is 0.433 e. The number of unbranched alkanes of at least 4 members (excludes halogenated alkanes) is 6. The number of aryl methyl sites for hydroxylation is 2. The monoisotopic (exact) mass is 1290 g/mol. The fourth-order valence-corrected chi connectivity index (χ4v) is 16.2. The lowest BCUT2D eigenvalue weighted by atomic mass is 9.85. The molecule has 0 saturated carbocycles. The van der Waals surface area contributed by atoms with Gasteiger partial charge in [0.25, 0.3) is 11.5 Å². The van der Waals surface area contributed by atoms with Gasteiger partial charge in [-0.3, -0.25) is 24.0 Å². The second-order valence-corrected chi connectivity index (χ2v) is 32.3. The normalized spacial score (nSPS) is 15.6. The number of anilines is 2. The number of sulfone groups is 1. The summed E-state index contributed by atoms with van der Waals surface area (Å²) in [6.45, 7) is 10.4. The van der Waals surface area contributed by atoms with Gasteiger partial charge in [-0.2, -0.15) is 0 Å². The van der Waals surface area contributed by atoms with Crippen LogP contribution in [0.2, 0.25) is 0 Å². The topological polar surface area (TPSA) is 278 Å². The molecule has 88 heavy (non-hydrogen) atoms. The number of nitrogens with zero attached hydrogens (tertiary/aromatic N) is 5. The number of aromatic amines is 1. The van der Waals surface area contributed by atoms with Crippen molar-refractivity contribution in [3.05, 3.63) is 117 Å². The summed E-state index contributed by atoms with van der Waals surface area (Å²) in [5.74, 6) is -4.54. The van der Waals surface area contributed by atoms with Crippen molar-refractivity contribution in [1.29, 1.82) is 0 Å². The molecule has 27 heteroatoms. The highest BCUT2D eigenvalue weighted by atomic mass is 33.1. The van der Waals surface area contributed by atoms with Crippen LogP contribution < -0.4 is 26.4 Å². The van der Waals surface area contributed by atoms with E-state index in [1.165, 1.54) is 31.8 Å². The molecule has 2 aliphatic heterocycles. The number of carbonyl (C=O) groups is 5. The number of thiazole rings is 1. The Labute approximate surface area is 518 Å². The number of hydrogen-bond acceptors (Lipinski definition) is 17. The van der Waals surface area contributed by atoms with Gasteiger partial charge in [-0.25, -0.2) is 40.4 Å². The minimum Gasteiger partial charge on any atom is -0.433 e. The first-order valence-corrected chi connectivity index (χ1v) is 35.0. The van der Waals surface area contributed by atoms with Gasteiger partial charge in [0.1, 0.15) is 36.1 Å². The lowest BCUT2D eigenvalue weighted by Crippen LogP contribution is -2.57. The molecular weight excluding hydrogens is 1220 g/mol. The van der Waals surface area contributed by atoms with Crippen LogP contribution in [0.3, 0.4) is 0 Å². The van der Waals surface area contributed by atoms with Crippen LogP contribution in [0.1, 0.15) is 125 Å². The average Bonchev–Trinajstić information content (AvgIpc) is 1.65. The number of benzene rings is 2. The maximum Gasteiger partial charge on any atom is 0.508 e. The Morgan fingerprint density at radius 3 is 2.25 bits per heavy atom. The van der Waals surface area contributed by atoms with Crippen LogP contribution in [0.4, 0.5) is 25.1 Å². The number of H-pyrrole nitrogens is 1. The number of aromatic nitrogens is 4. The van der Waals surface area contributed by atoms with Gasteiger partial charge >= 0.3 is 6.16 Å². The predicted octanol–water partition coefficient (Wildman–Crippen LogP) is 9.13. The fourth-order valence-electron chi connectivity index (χ4n) is 11.0. The molecule has 4 N–H and O–H groups in total. The molecule has 0 bridgehead atoms. The largest absolute Gasteiger partial charge is 0.508 e. The van der Waals surface area contributed by atoms with Gasteiger partial charge in [-0.05, 0) is 84.2 Å². The van der Waals surface area contributed by atoms with E-state index in [9.17, 15) is 50.0 Å². The SMILES string of the molecule is Cc1ncsc1-c1ccc(CNC(=O)[C@@H]2C[C@@H](OC(=O)OCC(C)(C)SS(C)(=O)=O)CN2C(=O)[C@@H](NC(=O)CCCCCCCCCNC(=O)c2cc3c(cc2CS(C)(=O)=O)-c2cn(C)c(=O)c4[nH]cc(c24)CN3c2ncc(F)cc2F)C(C)(C)C)cc1. The molecule has 1 fully saturated rings. The predicted molar refractivity (Wildman–Crippen MR) is 335 cm³/mol. The molecule has 0 aliphatic carbocycles. The van der Waals surface area contributed by atoms with Gasteiger partial charge in [0.15, 0.2) is 30.3 Å². The first-order chi connectivity index (χ1) is 41.4. The molecule has 474 valence electrons. The molecule has 1 saturated heterocycles. The van der Waals surface area contributed by atoms with E-state index in [4.69, 9.17) is 9.47 Å². The molecule has 8 rings (SSSR count). The maximum atomic E-state index is 15.6. The highest BCUT2D eigenvalue weighted by molar-refractivity contribution is 8.72. The number of amides is 4. The Balaban J connectivity index is 0.843. The average molecular weight is 1290 g/mol. The number of pyridine rings is 2. The Hall–Kier alpha value is -7.23. The number of rotatable bonds is 25. The fraction of sp³-hybridized carbons (Fsp3) is 0.475. The lowest BCUT2D eigenvalue weighted by molar-refractivity contribution is -0.144. The highest BCUT2D eigenvalue weighted by Gasteiger charge is 2.46. The van der Waals surface area contributed by atoms with Crippen LogP contribution in [-0.2, 0) is 68.5 Å². The number of halogens is 2. The van der Waals surface area contributed by atoms with E-state index in [2.05, 4.69) is 30.9 Å². The minimum atomic E-state index is -3.71. The van der Waals surface area contributed by atoms with Crippen LogP contribution in [0.5, 0.6) is 0 Å². The molecule has 6 heterocycles. The Morgan fingerprint density at radius 1 is 0.909 bits per heavy atom. The minimum absolute atomic E-state index is 0.0308. The van der Waals surface area contributed by atoms with Crippen LogP contribution >= 0.6 is 22.1 Å². The van der Waals surface area contributed by atoms with Crippen molar-refractivity contribution in [2.24, 2.45) is 12.5 Å². The number of likely N-dealkylation sites (tertiary alicyclic amines) is 1. The quantitative estimate of drug-likeness (QED) is 0.0236. The number of nitrogens with one attached hydrogen (secondary N) is 4. The highest BCUT2D eigenvalue weighted by Crippen LogP contribution is 2.45. The summed E-state index contributed by atoms with van der Waals surface area (Å²) in [7, 11) is -4.97. The molecule has 4 aromatic heterocycles. The first-order valence-electron chi connectivity index (χ1n) is 28.9. The summed E-state index contributed by atoms with van der Waals surface area (Å²) in [6, 6.07) is 9.27. The van der Waals surface area contributed by atoms with E-state index in [0.717, 1.165) is 66.1 Å². The molecule has 0 radical (unpaired) electrons. The molecule has 2 aliphatic rings. The first kappa shape index (κ1) is 66.7. The van der Waals surface area contributed by atoms with Crippen molar-refractivity contribution in [3.8, 4) is 21.6 Å². The summed E-state index contributed by atoms with van der Waals surface area (Å²) in [6.07, 6.45) is 9.23. The summed E-state index contributed by atoms with van der Waals surface area (Å²) >= 11 is 1.53. The summed E-state index contributed by atoms with van der Waals surface area (Å²) < 4.78 is 90.7. The standard InChI is InChI=1S/C61H75F2N9O12S4/c1-36-52(85-35-68-36)38-20-18-37(19-21-38)27-67-56(75)48-25-42(84-59(78)83-34-61(5,6)86-88(9,81)82)31-72(48)58(77)53(60(2,3)4)69-49(73)17-15-13-11-10-12-14-16-22-64-55(74)43-26-47-44(23-39(43)33-87(8,79)80)45-32-70(7)57(76)51-50(45)40(28-65-51)30-71(47)54-46(63)24-41(62)29-66-54/h18-21,23-24,26,28-29,32,35,42,48,53,65H,10-17,22,25,27,30-31,33-34H2,1-9H3,(H,64,74)(H,67,75)(H,69,73)/t42-,48+,53-/m1/s1. The van der Waals surface area contributed by atoms with Gasteiger partial charge in [0.2, 0.25) is 17.7 Å². The van der Waals surface area contributed by atoms with Crippen LogP contribution in [0.25, 0.3) is 32.5 Å². The molecule has 2 aromatic carbocycles. The Kier molecular flexibility index (Phi) is 21.0. The molecule has 0 unspecified atom stereocenters. The lowest BCUT2D eigenvalue weighted by Gasteiger charge is -2.35. The van der Waals surface area contributed by atoms with E-state index in [1.807, 2.05) is 31.2 Å². The van der Waals surface area contributed by atoms with E-state index in [-0.39, 0.29) is 79.6 Å². The van der Waals surface area contributed by atoms with E-state index in [1.54, 1.807) is 65.6 Å². The van der Waals surface area contributed by atoms with Crippen molar-refractivity contribution in [2.75, 3.05) is 37.1 Å². The zero-order chi connectivity index (χ0) is 64.0. The summed E-state index contributed by atoms with van der Waals surface area (Å²) in [4.78, 5) is 97.9. The molecule has 21 nitrogen and oxygen atoms in total. The molecular formula is C61H75F2N9O12S4. The van der Waals surface area contributed by atoms with Crippen molar-refractivity contribution < 1.29 is 59.1 Å². The third-order valence-electron chi connectivity index (χ3n) is 15.2. The van der Waals surface area contributed by atoms with E-state index in [0.29, 0.717) is 63.9 Å². The zero-order valence-electron chi connectivity index (χ0n) is 50.7. The van der Waals surface area contributed by atoms with Crippen LogP contribution in [0.15, 0.2) is 71.4 Å². The van der Waals surface area contributed by atoms with Crippen LogP contribution in [0, 0.1) is 24.0 Å². The Bertz CT molecular complexity index is 3900. The molecule has 4 amide bonds. The maximum absolute atomic E-state index is 15.6. The number of ether oxygens (including phenoxy) is 2. The molecule has 0 spiro atoms. The third-order valence-corrected chi connectivity index (χ3v) is 20.1. The number of carbonyl (C=O) groups excluding carboxylic acids is 5. The summed E-state index contributed by atoms with van der Waals surface area (Å²) in [5, 5.41) is 9.31. The van der Waals surface area contributed by atoms with Crippen molar-refractivity contribution >= 4 is 93.0 Å². The second kappa shape index (κ2) is 27.7. The Morgan fingerprint density at radius 2 is 1.60 bits per heavy atom. The number of fused-ring (bicyclic) bond motifs is 2. The molecule has 6 aromatic rings. The second-order valence-electron chi connectivity index (χ2n) is 24.3. The van der Waals surface area contributed by atoms with Crippen molar-refractivity contribution in [3.63, 3.8) is 0 Å². The van der Waals surface area contributed by atoms with Gasteiger partial charge in [0.05, 0.1) is 51.6 Å².